The van der Waals surface area contributed by atoms with Gasteiger partial charge in [0.1, 0.15) is 0 Å². The maximum atomic E-state index is 12.8. The van der Waals surface area contributed by atoms with Gasteiger partial charge in [0.25, 0.3) is 5.91 Å². The number of ether oxygens (including phenoxy) is 1. The zero-order valence-corrected chi connectivity index (χ0v) is 15.2. The molecule has 138 valence electrons. The van der Waals surface area contributed by atoms with Crippen LogP contribution in [0.4, 0.5) is 11.4 Å². The third kappa shape index (κ3) is 2.77. The highest BCUT2D eigenvalue weighted by atomic mass is 16.5. The third-order valence-corrected chi connectivity index (χ3v) is 5.25. The van der Waals surface area contributed by atoms with Crippen molar-refractivity contribution in [1.29, 1.82) is 0 Å². The summed E-state index contributed by atoms with van der Waals surface area (Å²) in [6.45, 7) is 2.65. The average Bonchev–Trinajstić information content (AvgIpc) is 2.94. The number of hydrogen-bond acceptors (Lipinski definition) is 4. The maximum absolute atomic E-state index is 12.8. The SMILES string of the molecule is COC(=O)c1ccccc1C(=O)Nc1cc2c3c(c1)[C@H](C)C(=O)N3CCC2. The number of nitrogens with one attached hydrogen (secondary N) is 1. The first-order chi connectivity index (χ1) is 13.0. The first kappa shape index (κ1) is 17.3. The molecule has 0 spiro atoms. The molecular formula is C21H20N2O4. The summed E-state index contributed by atoms with van der Waals surface area (Å²) in [6.07, 6.45) is 1.79. The first-order valence-corrected chi connectivity index (χ1v) is 8.98. The summed E-state index contributed by atoms with van der Waals surface area (Å²) in [6, 6.07) is 10.3. The molecule has 6 heteroatoms. The Morgan fingerprint density at radius 3 is 2.67 bits per heavy atom. The van der Waals surface area contributed by atoms with Gasteiger partial charge in [-0.2, -0.15) is 0 Å². The molecule has 0 bridgehead atoms. The Morgan fingerprint density at radius 1 is 1.19 bits per heavy atom. The third-order valence-electron chi connectivity index (χ3n) is 5.25. The van der Waals surface area contributed by atoms with Crippen molar-refractivity contribution in [3.63, 3.8) is 0 Å². The number of anilines is 2. The lowest BCUT2D eigenvalue weighted by Crippen LogP contribution is -2.32. The van der Waals surface area contributed by atoms with Gasteiger partial charge in [0.15, 0.2) is 0 Å². The Labute approximate surface area is 157 Å². The number of amides is 2. The van der Waals surface area contributed by atoms with Gasteiger partial charge >= 0.3 is 5.97 Å². The predicted octanol–water partition coefficient (Wildman–Crippen LogP) is 3.12. The zero-order valence-electron chi connectivity index (χ0n) is 15.2. The van der Waals surface area contributed by atoms with Gasteiger partial charge in [-0.15, -0.1) is 0 Å². The minimum absolute atomic E-state index is 0.116. The molecule has 1 atom stereocenters. The van der Waals surface area contributed by atoms with E-state index >= 15 is 0 Å². The zero-order chi connectivity index (χ0) is 19.1. The average molecular weight is 364 g/mol. The summed E-state index contributed by atoms with van der Waals surface area (Å²) in [5.74, 6) is -1.03. The lowest BCUT2D eigenvalue weighted by molar-refractivity contribution is -0.119. The van der Waals surface area contributed by atoms with Gasteiger partial charge in [-0.3, -0.25) is 9.59 Å². The van der Waals surface area contributed by atoms with E-state index in [2.05, 4.69) is 5.32 Å². The number of methoxy groups -OCH3 is 1. The summed E-state index contributed by atoms with van der Waals surface area (Å²) in [5, 5.41) is 2.88. The van der Waals surface area contributed by atoms with Gasteiger partial charge in [0.05, 0.1) is 29.8 Å². The molecule has 2 aliphatic heterocycles. The molecule has 2 aliphatic rings. The number of nitrogens with zero attached hydrogens (tertiary/aromatic N) is 1. The predicted molar refractivity (Wildman–Crippen MR) is 101 cm³/mol. The van der Waals surface area contributed by atoms with Crippen LogP contribution in [-0.2, 0) is 16.0 Å². The standard InChI is InChI=1S/C21H20N2O4/c1-12-17-11-14(10-13-6-5-9-23(18(13)17)20(12)25)22-19(24)15-7-3-4-8-16(15)21(26)27-2/h3-4,7-8,10-12H,5-6,9H2,1-2H3,(H,22,24)/t12-/m0/s1. The van der Waals surface area contributed by atoms with E-state index in [-0.39, 0.29) is 28.9 Å². The van der Waals surface area contributed by atoms with Crippen molar-refractivity contribution in [2.24, 2.45) is 0 Å². The highest BCUT2D eigenvalue weighted by molar-refractivity contribution is 6.12. The Balaban J connectivity index is 1.68. The minimum Gasteiger partial charge on any atom is -0.465 e. The number of esters is 1. The van der Waals surface area contributed by atoms with Crippen LogP contribution >= 0.6 is 0 Å². The van der Waals surface area contributed by atoms with Gasteiger partial charge in [-0.05, 0) is 55.2 Å². The van der Waals surface area contributed by atoms with Crippen LogP contribution in [0.5, 0.6) is 0 Å². The van der Waals surface area contributed by atoms with Crippen LogP contribution in [0.1, 0.15) is 51.1 Å². The van der Waals surface area contributed by atoms with Crippen molar-refractivity contribution in [3.8, 4) is 0 Å². The molecule has 2 heterocycles. The van der Waals surface area contributed by atoms with Crippen molar-refractivity contribution >= 4 is 29.2 Å². The van der Waals surface area contributed by atoms with Gasteiger partial charge < -0.3 is 15.0 Å². The molecule has 0 fully saturated rings. The summed E-state index contributed by atoms with van der Waals surface area (Å²) in [7, 11) is 1.28. The largest absolute Gasteiger partial charge is 0.465 e. The van der Waals surface area contributed by atoms with Crippen LogP contribution in [0.15, 0.2) is 36.4 Å². The van der Waals surface area contributed by atoms with Crippen molar-refractivity contribution in [2.45, 2.75) is 25.7 Å². The monoisotopic (exact) mass is 364 g/mol. The van der Waals surface area contributed by atoms with E-state index in [4.69, 9.17) is 4.74 Å². The fourth-order valence-electron chi connectivity index (χ4n) is 3.94. The second kappa shape index (κ2) is 6.54. The molecule has 27 heavy (non-hydrogen) atoms. The Morgan fingerprint density at radius 2 is 1.93 bits per heavy atom. The molecule has 4 rings (SSSR count). The van der Waals surface area contributed by atoms with E-state index in [1.54, 1.807) is 24.3 Å². The Hall–Kier alpha value is -3.15. The van der Waals surface area contributed by atoms with Crippen LogP contribution in [0.2, 0.25) is 0 Å². The fraction of sp³-hybridized carbons (Fsp3) is 0.286. The van der Waals surface area contributed by atoms with Crippen molar-refractivity contribution in [1.82, 2.24) is 0 Å². The highest BCUT2D eigenvalue weighted by Gasteiger charge is 2.38. The Kier molecular flexibility index (Phi) is 4.18. The fourth-order valence-corrected chi connectivity index (χ4v) is 3.94. The lowest BCUT2D eigenvalue weighted by atomic mass is 9.95. The number of aryl methyl sites for hydroxylation is 1. The molecular weight excluding hydrogens is 344 g/mol. The van der Waals surface area contributed by atoms with Crippen molar-refractivity contribution in [3.05, 3.63) is 58.7 Å². The molecule has 2 amide bonds. The summed E-state index contributed by atoms with van der Waals surface area (Å²) in [5.41, 5.74) is 4.14. The van der Waals surface area contributed by atoms with Gasteiger partial charge in [0, 0.05) is 12.2 Å². The molecule has 6 nitrogen and oxygen atoms in total. The van der Waals surface area contributed by atoms with Crippen molar-refractivity contribution in [2.75, 3.05) is 23.9 Å². The second-order valence-corrected chi connectivity index (χ2v) is 6.88. The second-order valence-electron chi connectivity index (χ2n) is 6.88. The van der Waals surface area contributed by atoms with E-state index in [0.717, 1.165) is 36.2 Å². The minimum atomic E-state index is -0.556. The van der Waals surface area contributed by atoms with E-state index in [9.17, 15) is 14.4 Å². The molecule has 0 saturated heterocycles. The quantitative estimate of drug-likeness (QED) is 0.849. The van der Waals surface area contributed by atoms with Crippen LogP contribution in [0.3, 0.4) is 0 Å². The number of benzene rings is 2. The summed E-state index contributed by atoms with van der Waals surface area (Å²) < 4.78 is 4.76. The van der Waals surface area contributed by atoms with E-state index in [1.807, 2.05) is 24.0 Å². The van der Waals surface area contributed by atoms with E-state index < -0.39 is 5.97 Å². The molecule has 0 unspecified atom stereocenters. The van der Waals surface area contributed by atoms with Gasteiger partial charge in [-0.25, -0.2) is 4.79 Å². The van der Waals surface area contributed by atoms with E-state index in [0.29, 0.717) is 5.69 Å². The molecule has 0 aromatic heterocycles. The lowest BCUT2D eigenvalue weighted by Gasteiger charge is -2.26. The van der Waals surface area contributed by atoms with Gasteiger partial charge in [0.2, 0.25) is 5.91 Å². The molecule has 0 saturated carbocycles. The molecule has 0 aliphatic carbocycles. The summed E-state index contributed by atoms with van der Waals surface area (Å²) >= 11 is 0. The van der Waals surface area contributed by atoms with Crippen LogP contribution < -0.4 is 10.2 Å². The van der Waals surface area contributed by atoms with Gasteiger partial charge in [-0.1, -0.05) is 12.1 Å². The summed E-state index contributed by atoms with van der Waals surface area (Å²) in [4.78, 5) is 39.0. The number of rotatable bonds is 3. The normalized spacial score (nSPS) is 17.5. The number of hydrogen-bond donors (Lipinski definition) is 1. The van der Waals surface area contributed by atoms with E-state index in [1.165, 1.54) is 7.11 Å². The highest BCUT2D eigenvalue weighted by Crippen LogP contribution is 2.44. The molecule has 1 N–H and O–H groups in total. The smallest absolute Gasteiger partial charge is 0.338 e. The van der Waals surface area contributed by atoms with Crippen LogP contribution in [0, 0.1) is 0 Å². The molecule has 2 aromatic rings. The maximum Gasteiger partial charge on any atom is 0.338 e. The Bertz CT molecular complexity index is 967. The van der Waals surface area contributed by atoms with Crippen LogP contribution in [0.25, 0.3) is 0 Å². The number of carbonyl (C=O) groups excluding carboxylic acids is 3. The molecule has 2 aromatic carbocycles. The topological polar surface area (TPSA) is 75.7 Å². The van der Waals surface area contributed by atoms with Crippen LogP contribution in [-0.4, -0.2) is 31.4 Å². The molecule has 0 radical (unpaired) electrons. The first-order valence-electron chi connectivity index (χ1n) is 8.98. The van der Waals surface area contributed by atoms with Crippen molar-refractivity contribution < 1.29 is 19.1 Å². The number of carbonyl (C=O) groups is 3.